The predicted molar refractivity (Wildman–Crippen MR) is 94.5 cm³/mol. The van der Waals surface area contributed by atoms with Gasteiger partial charge in [-0.05, 0) is 49.8 Å². The number of carbonyl (C=O) groups is 1. The Labute approximate surface area is 142 Å². The number of unbranched alkanes of at least 4 members (excludes halogenated alkanes) is 2. The number of hydrogen-bond acceptors (Lipinski definition) is 4. The fourth-order valence-corrected chi connectivity index (χ4v) is 1.88. The zero-order chi connectivity index (χ0) is 16.9. The monoisotopic (exact) mass is 339 g/mol. The van der Waals surface area contributed by atoms with Crippen molar-refractivity contribution in [2.75, 3.05) is 19.8 Å². The van der Waals surface area contributed by atoms with Crippen LogP contribution in [0.5, 0.6) is 11.5 Å². The first-order valence-electron chi connectivity index (χ1n) is 7.84. The first kappa shape index (κ1) is 19.0. The third kappa shape index (κ3) is 8.87. The van der Waals surface area contributed by atoms with Crippen LogP contribution in [0.4, 0.5) is 0 Å². The third-order valence-corrected chi connectivity index (χ3v) is 3.13. The van der Waals surface area contributed by atoms with E-state index in [1.54, 1.807) is 24.3 Å². The van der Waals surface area contributed by atoms with Crippen LogP contribution in [0.3, 0.4) is 0 Å². The average Bonchev–Trinajstić information content (AvgIpc) is 2.56. The van der Waals surface area contributed by atoms with Gasteiger partial charge in [-0.1, -0.05) is 19.8 Å². The number of hydrazine groups is 1. The Balaban J connectivity index is 2.17. The largest absolute Gasteiger partial charge is 0.494 e. The Morgan fingerprint density at radius 3 is 2.30 bits per heavy atom. The van der Waals surface area contributed by atoms with Gasteiger partial charge in [-0.3, -0.25) is 15.6 Å². The molecule has 0 saturated carbocycles. The van der Waals surface area contributed by atoms with Crippen molar-refractivity contribution < 1.29 is 14.3 Å². The maximum atomic E-state index is 11.7. The van der Waals surface area contributed by atoms with Crippen LogP contribution in [-0.2, 0) is 4.79 Å². The van der Waals surface area contributed by atoms with Crippen LogP contribution in [0.15, 0.2) is 24.3 Å². The quantitative estimate of drug-likeness (QED) is 0.364. The van der Waals surface area contributed by atoms with E-state index in [0.717, 1.165) is 31.6 Å². The molecule has 7 heteroatoms. The van der Waals surface area contributed by atoms with E-state index in [0.29, 0.717) is 17.5 Å². The number of carbonyl (C=O) groups excluding carboxylic acids is 1. The highest BCUT2D eigenvalue weighted by molar-refractivity contribution is 7.80. The van der Waals surface area contributed by atoms with Crippen LogP contribution in [0.25, 0.3) is 0 Å². The number of thiocarbonyl (C=S) groups is 1. The number of hydrogen-bond donors (Lipinski definition) is 3. The van der Waals surface area contributed by atoms with Gasteiger partial charge in [0, 0.05) is 6.54 Å². The maximum Gasteiger partial charge on any atom is 0.276 e. The van der Waals surface area contributed by atoms with E-state index in [1.165, 1.54) is 0 Å². The molecule has 1 aromatic rings. The molecular weight excluding hydrogens is 314 g/mol. The Bertz CT molecular complexity index is 480. The van der Waals surface area contributed by atoms with Crippen molar-refractivity contribution in [3.05, 3.63) is 24.3 Å². The highest BCUT2D eigenvalue weighted by Gasteiger charge is 2.03. The van der Waals surface area contributed by atoms with Gasteiger partial charge in [0.15, 0.2) is 11.7 Å². The average molecular weight is 339 g/mol. The van der Waals surface area contributed by atoms with Crippen LogP contribution >= 0.6 is 12.2 Å². The molecule has 0 aliphatic rings. The SMILES string of the molecule is CCCCCNC(=S)NNC(=O)COc1ccc(OCC)cc1. The molecule has 23 heavy (non-hydrogen) atoms. The lowest BCUT2D eigenvalue weighted by Crippen LogP contribution is -2.48. The van der Waals surface area contributed by atoms with E-state index in [-0.39, 0.29) is 12.5 Å². The standard InChI is InChI=1S/C16H25N3O3S/c1-3-5-6-11-17-16(23)19-18-15(20)12-22-14-9-7-13(8-10-14)21-4-2/h7-10H,3-6,11-12H2,1-2H3,(H,18,20)(H2,17,19,23). The molecule has 1 aromatic carbocycles. The van der Waals surface area contributed by atoms with Gasteiger partial charge >= 0.3 is 0 Å². The second kappa shape index (κ2) is 11.5. The number of ether oxygens (including phenoxy) is 2. The fourth-order valence-electron chi connectivity index (χ4n) is 1.73. The van der Waals surface area contributed by atoms with Crippen molar-refractivity contribution in [3.63, 3.8) is 0 Å². The zero-order valence-electron chi connectivity index (χ0n) is 13.7. The Kier molecular flexibility index (Phi) is 9.54. The van der Waals surface area contributed by atoms with Crippen molar-refractivity contribution >= 4 is 23.2 Å². The summed E-state index contributed by atoms with van der Waals surface area (Å²) in [6.45, 7) is 5.37. The van der Waals surface area contributed by atoms with E-state index in [9.17, 15) is 4.79 Å². The van der Waals surface area contributed by atoms with E-state index in [2.05, 4.69) is 23.1 Å². The molecule has 128 valence electrons. The number of benzene rings is 1. The second-order valence-electron chi connectivity index (χ2n) is 4.83. The Hall–Kier alpha value is -2.02. The molecule has 3 N–H and O–H groups in total. The number of nitrogens with one attached hydrogen (secondary N) is 3. The molecule has 1 rings (SSSR count). The van der Waals surface area contributed by atoms with Gasteiger partial charge in [-0.2, -0.15) is 0 Å². The summed E-state index contributed by atoms with van der Waals surface area (Å²) in [5, 5.41) is 3.41. The van der Waals surface area contributed by atoms with Crippen LogP contribution in [-0.4, -0.2) is 30.8 Å². The molecule has 0 aliphatic carbocycles. The van der Waals surface area contributed by atoms with Gasteiger partial charge in [-0.15, -0.1) is 0 Å². The minimum Gasteiger partial charge on any atom is -0.494 e. The van der Waals surface area contributed by atoms with Crippen molar-refractivity contribution in [1.82, 2.24) is 16.2 Å². The Morgan fingerprint density at radius 1 is 1.04 bits per heavy atom. The van der Waals surface area contributed by atoms with E-state index < -0.39 is 0 Å². The molecule has 0 radical (unpaired) electrons. The molecule has 0 unspecified atom stereocenters. The van der Waals surface area contributed by atoms with Gasteiger partial charge in [-0.25, -0.2) is 0 Å². The lowest BCUT2D eigenvalue weighted by molar-refractivity contribution is -0.123. The van der Waals surface area contributed by atoms with Crippen LogP contribution in [0.2, 0.25) is 0 Å². The number of rotatable bonds is 9. The van der Waals surface area contributed by atoms with Crippen molar-refractivity contribution in [2.24, 2.45) is 0 Å². The summed E-state index contributed by atoms with van der Waals surface area (Å²) in [6.07, 6.45) is 3.35. The minimum absolute atomic E-state index is 0.0978. The molecule has 0 bridgehead atoms. The van der Waals surface area contributed by atoms with Gasteiger partial charge in [0.2, 0.25) is 0 Å². The molecule has 0 heterocycles. The molecule has 0 aliphatic heterocycles. The first-order chi connectivity index (χ1) is 11.2. The second-order valence-corrected chi connectivity index (χ2v) is 5.24. The van der Waals surface area contributed by atoms with E-state index in [4.69, 9.17) is 21.7 Å². The van der Waals surface area contributed by atoms with Crippen LogP contribution in [0, 0.1) is 0 Å². The van der Waals surface area contributed by atoms with Crippen molar-refractivity contribution in [2.45, 2.75) is 33.1 Å². The van der Waals surface area contributed by atoms with Crippen molar-refractivity contribution in [1.29, 1.82) is 0 Å². The highest BCUT2D eigenvalue weighted by atomic mass is 32.1. The molecule has 6 nitrogen and oxygen atoms in total. The predicted octanol–water partition coefficient (Wildman–Crippen LogP) is 2.15. The summed E-state index contributed by atoms with van der Waals surface area (Å²) < 4.78 is 10.7. The number of amides is 1. The molecule has 0 saturated heterocycles. The molecule has 1 amide bonds. The van der Waals surface area contributed by atoms with E-state index in [1.807, 2.05) is 6.92 Å². The summed E-state index contributed by atoms with van der Waals surface area (Å²) in [5.74, 6) is 1.06. The van der Waals surface area contributed by atoms with Crippen LogP contribution < -0.4 is 25.6 Å². The smallest absolute Gasteiger partial charge is 0.276 e. The van der Waals surface area contributed by atoms with Crippen molar-refractivity contribution in [3.8, 4) is 11.5 Å². The molecular formula is C16H25N3O3S. The third-order valence-electron chi connectivity index (χ3n) is 2.89. The van der Waals surface area contributed by atoms with E-state index >= 15 is 0 Å². The lowest BCUT2D eigenvalue weighted by atomic mass is 10.2. The zero-order valence-corrected chi connectivity index (χ0v) is 14.5. The van der Waals surface area contributed by atoms with Gasteiger partial charge in [0.25, 0.3) is 5.91 Å². The summed E-state index contributed by atoms with van der Waals surface area (Å²) in [4.78, 5) is 11.7. The first-order valence-corrected chi connectivity index (χ1v) is 8.24. The normalized spacial score (nSPS) is 9.83. The molecule has 0 atom stereocenters. The molecule has 0 fully saturated rings. The van der Waals surface area contributed by atoms with Gasteiger partial charge in [0.05, 0.1) is 6.61 Å². The summed E-state index contributed by atoms with van der Waals surface area (Å²) >= 11 is 5.05. The maximum absolute atomic E-state index is 11.7. The lowest BCUT2D eigenvalue weighted by Gasteiger charge is -2.12. The molecule has 0 aromatic heterocycles. The summed E-state index contributed by atoms with van der Waals surface area (Å²) in [7, 11) is 0. The van der Waals surface area contributed by atoms with Gasteiger partial charge in [0.1, 0.15) is 11.5 Å². The topological polar surface area (TPSA) is 71.6 Å². The summed E-state index contributed by atoms with van der Waals surface area (Å²) in [6, 6.07) is 7.10. The molecule has 0 spiro atoms. The van der Waals surface area contributed by atoms with Gasteiger partial charge < -0.3 is 14.8 Å². The fraction of sp³-hybridized carbons (Fsp3) is 0.500. The summed E-state index contributed by atoms with van der Waals surface area (Å²) in [5.41, 5.74) is 5.13. The highest BCUT2D eigenvalue weighted by Crippen LogP contribution is 2.17. The minimum atomic E-state index is -0.309. The Morgan fingerprint density at radius 2 is 1.70 bits per heavy atom. The van der Waals surface area contributed by atoms with Crippen LogP contribution in [0.1, 0.15) is 33.1 Å².